The maximum absolute atomic E-state index is 11.5. The van der Waals surface area contributed by atoms with Gasteiger partial charge in [0.15, 0.2) is 0 Å². The van der Waals surface area contributed by atoms with E-state index in [1.807, 2.05) is 43.5 Å². The molecule has 0 radical (unpaired) electrons. The molecule has 0 saturated heterocycles. The molecule has 2 aromatic rings. The van der Waals surface area contributed by atoms with Gasteiger partial charge in [0, 0.05) is 17.6 Å². The molecule has 1 heterocycles. The number of hydrogen-bond acceptors (Lipinski definition) is 3. The summed E-state index contributed by atoms with van der Waals surface area (Å²) in [4.78, 5) is 15.9. The van der Waals surface area contributed by atoms with E-state index in [1.54, 1.807) is 6.33 Å². The molecule has 1 N–H and O–H groups in total. The quantitative estimate of drug-likeness (QED) is 0.933. The highest BCUT2D eigenvalue weighted by molar-refractivity contribution is 9.10. The van der Waals surface area contributed by atoms with E-state index in [2.05, 4.69) is 26.2 Å². The number of amides is 1. The number of fused-ring (bicyclic) bond motifs is 1. The summed E-state index contributed by atoms with van der Waals surface area (Å²) in [5.74, 6) is 0. The van der Waals surface area contributed by atoms with Gasteiger partial charge < -0.3 is 14.6 Å². The highest BCUT2D eigenvalue weighted by Gasteiger charge is 2.15. The zero-order chi connectivity index (χ0) is 14.8. The van der Waals surface area contributed by atoms with E-state index in [-0.39, 0.29) is 0 Å². The average molecular weight is 340 g/mol. The summed E-state index contributed by atoms with van der Waals surface area (Å²) in [5, 5.41) is 2.73. The Morgan fingerprint density at radius 1 is 1.45 bits per heavy atom. The smallest absolute Gasteiger partial charge is 0.407 e. The zero-order valence-corrected chi connectivity index (χ0v) is 13.4. The molecule has 1 aromatic heterocycles. The van der Waals surface area contributed by atoms with Crippen molar-refractivity contribution >= 4 is 33.1 Å². The predicted molar refractivity (Wildman–Crippen MR) is 81.7 cm³/mol. The molecule has 2 rings (SSSR count). The first-order valence-electron chi connectivity index (χ1n) is 6.42. The van der Waals surface area contributed by atoms with Crippen LogP contribution in [0.25, 0.3) is 11.0 Å². The van der Waals surface area contributed by atoms with E-state index in [4.69, 9.17) is 4.74 Å². The maximum atomic E-state index is 11.5. The molecule has 5 nitrogen and oxygen atoms in total. The van der Waals surface area contributed by atoms with E-state index in [0.29, 0.717) is 13.1 Å². The summed E-state index contributed by atoms with van der Waals surface area (Å²) >= 11 is 3.42. The lowest BCUT2D eigenvalue weighted by Gasteiger charge is -2.19. The van der Waals surface area contributed by atoms with Gasteiger partial charge >= 0.3 is 6.09 Å². The molecule has 0 aliphatic carbocycles. The average Bonchev–Trinajstić information content (AvgIpc) is 2.69. The first kappa shape index (κ1) is 14.8. The third-order valence-electron chi connectivity index (χ3n) is 2.60. The fourth-order valence-corrected chi connectivity index (χ4v) is 2.16. The van der Waals surface area contributed by atoms with E-state index >= 15 is 0 Å². The van der Waals surface area contributed by atoms with Crippen molar-refractivity contribution in [3.05, 3.63) is 29.0 Å². The van der Waals surface area contributed by atoms with Crippen LogP contribution in [0.4, 0.5) is 4.79 Å². The van der Waals surface area contributed by atoms with Crippen molar-refractivity contribution in [3.63, 3.8) is 0 Å². The molecule has 0 atom stereocenters. The molecule has 0 aliphatic heterocycles. The van der Waals surface area contributed by atoms with Gasteiger partial charge in [0.25, 0.3) is 0 Å². The third-order valence-corrected chi connectivity index (χ3v) is 3.10. The molecule has 0 fully saturated rings. The van der Waals surface area contributed by atoms with Crippen LogP contribution in [-0.4, -0.2) is 27.8 Å². The van der Waals surface area contributed by atoms with E-state index in [1.165, 1.54) is 0 Å². The Balaban J connectivity index is 1.92. The first-order valence-corrected chi connectivity index (χ1v) is 7.22. The number of ether oxygens (including phenoxy) is 1. The van der Waals surface area contributed by atoms with Crippen molar-refractivity contribution in [2.45, 2.75) is 32.9 Å². The Kier molecular flexibility index (Phi) is 4.32. The SMILES string of the molecule is CC(C)(C)OC(=O)NCCn1cnc2cc(Br)ccc21. The van der Waals surface area contributed by atoms with Gasteiger partial charge in [0.1, 0.15) is 5.60 Å². The molecule has 108 valence electrons. The van der Waals surface area contributed by atoms with Crippen LogP contribution in [0.3, 0.4) is 0 Å². The normalized spacial score (nSPS) is 11.6. The van der Waals surface area contributed by atoms with Crippen molar-refractivity contribution in [1.29, 1.82) is 0 Å². The number of nitrogens with zero attached hydrogens (tertiary/aromatic N) is 2. The van der Waals surface area contributed by atoms with Crippen LogP contribution < -0.4 is 5.32 Å². The number of carbonyl (C=O) groups excluding carboxylic acids is 1. The van der Waals surface area contributed by atoms with E-state index in [9.17, 15) is 4.79 Å². The molecular formula is C14H18BrN3O2. The Hall–Kier alpha value is -1.56. The molecular weight excluding hydrogens is 322 g/mol. The molecule has 20 heavy (non-hydrogen) atoms. The predicted octanol–water partition coefficient (Wildman–Crippen LogP) is 3.32. The van der Waals surface area contributed by atoms with E-state index in [0.717, 1.165) is 15.5 Å². The van der Waals surface area contributed by atoms with Crippen molar-refractivity contribution in [2.24, 2.45) is 0 Å². The maximum Gasteiger partial charge on any atom is 0.407 e. The molecule has 0 unspecified atom stereocenters. The minimum atomic E-state index is -0.474. The third kappa shape index (κ3) is 3.96. The Morgan fingerprint density at radius 2 is 2.20 bits per heavy atom. The molecule has 1 aromatic carbocycles. The summed E-state index contributed by atoms with van der Waals surface area (Å²) in [6, 6.07) is 5.94. The largest absolute Gasteiger partial charge is 0.444 e. The standard InChI is InChI=1S/C14H18BrN3O2/c1-14(2,3)20-13(19)16-6-7-18-9-17-11-8-10(15)4-5-12(11)18/h4-5,8-9H,6-7H2,1-3H3,(H,16,19). The van der Waals surface area contributed by atoms with Crippen molar-refractivity contribution < 1.29 is 9.53 Å². The lowest BCUT2D eigenvalue weighted by molar-refractivity contribution is 0.0526. The number of nitrogens with one attached hydrogen (secondary N) is 1. The van der Waals surface area contributed by atoms with E-state index < -0.39 is 11.7 Å². The van der Waals surface area contributed by atoms with Gasteiger partial charge in [0.05, 0.1) is 17.4 Å². The number of halogens is 1. The first-order chi connectivity index (χ1) is 9.35. The van der Waals surface area contributed by atoms with Gasteiger partial charge in [0.2, 0.25) is 0 Å². The minimum absolute atomic E-state index is 0.398. The van der Waals surface area contributed by atoms with Crippen LogP contribution in [-0.2, 0) is 11.3 Å². The Bertz CT molecular complexity index is 616. The molecule has 0 bridgehead atoms. The monoisotopic (exact) mass is 339 g/mol. The molecule has 0 spiro atoms. The number of aromatic nitrogens is 2. The highest BCUT2D eigenvalue weighted by Crippen LogP contribution is 2.18. The molecule has 6 heteroatoms. The van der Waals surface area contributed by atoms with Gasteiger partial charge in [-0.15, -0.1) is 0 Å². The van der Waals surface area contributed by atoms with Crippen LogP contribution in [0, 0.1) is 0 Å². The second-order valence-electron chi connectivity index (χ2n) is 5.50. The fraction of sp³-hybridized carbons (Fsp3) is 0.429. The van der Waals surface area contributed by atoms with Crippen LogP contribution in [0.15, 0.2) is 29.0 Å². The highest BCUT2D eigenvalue weighted by atomic mass is 79.9. The van der Waals surface area contributed by atoms with Crippen LogP contribution >= 0.6 is 15.9 Å². The summed E-state index contributed by atoms with van der Waals surface area (Å²) in [7, 11) is 0. The van der Waals surface area contributed by atoms with Crippen molar-refractivity contribution in [2.75, 3.05) is 6.54 Å². The van der Waals surface area contributed by atoms with Crippen molar-refractivity contribution in [3.8, 4) is 0 Å². The van der Waals surface area contributed by atoms with Gasteiger partial charge in [-0.1, -0.05) is 15.9 Å². The summed E-state index contributed by atoms with van der Waals surface area (Å²) in [6.07, 6.45) is 1.37. The summed E-state index contributed by atoms with van der Waals surface area (Å²) in [5.41, 5.74) is 1.49. The number of benzene rings is 1. The van der Waals surface area contributed by atoms with Crippen LogP contribution in [0.5, 0.6) is 0 Å². The lowest BCUT2D eigenvalue weighted by Crippen LogP contribution is -2.34. The number of carbonyl (C=O) groups is 1. The molecule has 0 aliphatic rings. The zero-order valence-electron chi connectivity index (χ0n) is 11.8. The van der Waals surface area contributed by atoms with Gasteiger partial charge in [-0.25, -0.2) is 9.78 Å². The Labute approximate surface area is 126 Å². The molecule has 1 amide bonds. The molecule has 0 saturated carbocycles. The Morgan fingerprint density at radius 3 is 2.90 bits per heavy atom. The minimum Gasteiger partial charge on any atom is -0.444 e. The lowest BCUT2D eigenvalue weighted by atomic mass is 10.2. The van der Waals surface area contributed by atoms with Gasteiger partial charge in [-0.3, -0.25) is 0 Å². The number of imidazole rings is 1. The van der Waals surface area contributed by atoms with Crippen molar-refractivity contribution in [1.82, 2.24) is 14.9 Å². The van der Waals surface area contributed by atoms with Crippen LogP contribution in [0.2, 0.25) is 0 Å². The fourth-order valence-electron chi connectivity index (χ4n) is 1.81. The van der Waals surface area contributed by atoms with Gasteiger partial charge in [-0.2, -0.15) is 0 Å². The number of hydrogen-bond donors (Lipinski definition) is 1. The van der Waals surface area contributed by atoms with Crippen LogP contribution in [0.1, 0.15) is 20.8 Å². The topological polar surface area (TPSA) is 56.1 Å². The second-order valence-corrected chi connectivity index (χ2v) is 6.42. The van der Waals surface area contributed by atoms with Gasteiger partial charge in [-0.05, 0) is 39.0 Å². The summed E-state index contributed by atoms with van der Waals surface area (Å²) < 4.78 is 8.18. The summed E-state index contributed by atoms with van der Waals surface area (Å²) in [6.45, 7) is 6.67. The number of alkyl carbamates (subject to hydrolysis) is 1. The number of rotatable bonds is 3. The second kappa shape index (κ2) is 5.83.